The summed E-state index contributed by atoms with van der Waals surface area (Å²) < 4.78 is 43.7. The second-order valence-corrected chi connectivity index (χ2v) is 6.00. The van der Waals surface area contributed by atoms with Crippen LogP contribution in [0.2, 0.25) is 0 Å². The maximum absolute atomic E-state index is 12.7. The highest BCUT2D eigenvalue weighted by Crippen LogP contribution is 2.29. The molecule has 0 saturated carbocycles. The van der Waals surface area contributed by atoms with Gasteiger partial charge in [-0.25, -0.2) is 0 Å². The van der Waals surface area contributed by atoms with Crippen molar-refractivity contribution >= 4 is 24.2 Å². The number of hydrogen-bond donors (Lipinski definition) is 3. The van der Waals surface area contributed by atoms with Crippen molar-refractivity contribution in [3.05, 3.63) is 35.4 Å². The number of carbonyl (C=O) groups excluding carboxylic acids is 2. The van der Waals surface area contributed by atoms with Gasteiger partial charge >= 0.3 is 6.18 Å². The number of hydrogen-bond acceptors (Lipinski definition) is 4. The van der Waals surface area contributed by atoms with Crippen molar-refractivity contribution in [2.45, 2.75) is 31.7 Å². The van der Waals surface area contributed by atoms with Crippen LogP contribution in [-0.2, 0) is 15.7 Å². The van der Waals surface area contributed by atoms with E-state index in [1.54, 1.807) is 0 Å². The first-order valence-electron chi connectivity index (χ1n) is 8.38. The molecule has 1 saturated heterocycles. The summed E-state index contributed by atoms with van der Waals surface area (Å²) in [6.07, 6.45) is -3.81. The maximum atomic E-state index is 12.7. The Hall–Kier alpha value is -1.84. The molecule has 2 rings (SSSR count). The molecule has 1 heterocycles. The number of benzene rings is 1. The minimum absolute atomic E-state index is 0. The van der Waals surface area contributed by atoms with E-state index in [0.29, 0.717) is 19.7 Å². The Morgan fingerprint density at radius 1 is 1.30 bits per heavy atom. The summed E-state index contributed by atoms with van der Waals surface area (Å²) >= 11 is 0. The number of halogens is 4. The SMILES string of the molecule is CCCO[C@@H]1CNC[C@H]1NC(=O)CNC(=O)c1cccc(C(F)(F)F)c1.Cl. The van der Waals surface area contributed by atoms with Gasteiger partial charge < -0.3 is 20.7 Å². The summed E-state index contributed by atoms with van der Waals surface area (Å²) in [6.45, 7) is 3.43. The molecule has 152 valence electrons. The molecule has 1 aliphatic rings. The second-order valence-electron chi connectivity index (χ2n) is 6.00. The van der Waals surface area contributed by atoms with Gasteiger partial charge in [0.15, 0.2) is 0 Å². The molecule has 0 aliphatic carbocycles. The molecule has 1 aliphatic heterocycles. The average molecular weight is 410 g/mol. The van der Waals surface area contributed by atoms with Crippen LogP contribution >= 0.6 is 12.4 Å². The van der Waals surface area contributed by atoms with Crippen molar-refractivity contribution in [2.24, 2.45) is 0 Å². The highest BCUT2D eigenvalue weighted by atomic mass is 35.5. The maximum Gasteiger partial charge on any atom is 0.416 e. The molecule has 27 heavy (non-hydrogen) atoms. The third-order valence-corrected chi connectivity index (χ3v) is 3.90. The first kappa shape index (κ1) is 23.2. The summed E-state index contributed by atoms with van der Waals surface area (Å²) in [5, 5.41) is 8.20. The predicted octanol–water partition coefficient (Wildman–Crippen LogP) is 1.74. The molecule has 3 N–H and O–H groups in total. The molecule has 10 heteroatoms. The van der Waals surface area contributed by atoms with Gasteiger partial charge in [0.25, 0.3) is 5.91 Å². The minimum atomic E-state index is -4.53. The van der Waals surface area contributed by atoms with Gasteiger partial charge in [-0.15, -0.1) is 12.4 Å². The van der Waals surface area contributed by atoms with Gasteiger partial charge in [0, 0.05) is 25.3 Å². The summed E-state index contributed by atoms with van der Waals surface area (Å²) in [6, 6.07) is 3.84. The van der Waals surface area contributed by atoms with E-state index in [0.717, 1.165) is 24.6 Å². The predicted molar refractivity (Wildman–Crippen MR) is 95.9 cm³/mol. The Morgan fingerprint density at radius 3 is 2.70 bits per heavy atom. The number of ether oxygens (including phenoxy) is 1. The van der Waals surface area contributed by atoms with E-state index in [9.17, 15) is 22.8 Å². The summed E-state index contributed by atoms with van der Waals surface area (Å²) in [5.74, 6) is -1.17. The van der Waals surface area contributed by atoms with Crippen LogP contribution in [0.3, 0.4) is 0 Å². The van der Waals surface area contributed by atoms with E-state index in [1.807, 2.05) is 6.92 Å². The third kappa shape index (κ3) is 7.00. The fourth-order valence-corrected chi connectivity index (χ4v) is 2.60. The first-order valence-corrected chi connectivity index (χ1v) is 8.38. The zero-order valence-corrected chi connectivity index (χ0v) is 15.6. The van der Waals surface area contributed by atoms with Gasteiger partial charge in [0.05, 0.1) is 24.3 Å². The topological polar surface area (TPSA) is 79.5 Å². The van der Waals surface area contributed by atoms with Crippen LogP contribution in [0.4, 0.5) is 13.2 Å². The highest BCUT2D eigenvalue weighted by molar-refractivity contribution is 5.96. The second kappa shape index (κ2) is 10.5. The largest absolute Gasteiger partial charge is 0.416 e. The Labute approximate surface area is 161 Å². The fourth-order valence-electron chi connectivity index (χ4n) is 2.60. The third-order valence-electron chi connectivity index (χ3n) is 3.90. The van der Waals surface area contributed by atoms with Crippen molar-refractivity contribution in [3.8, 4) is 0 Å². The molecular formula is C17H23ClF3N3O3. The zero-order chi connectivity index (χ0) is 19.2. The normalized spacial score (nSPS) is 19.3. The van der Waals surface area contributed by atoms with E-state index < -0.39 is 23.6 Å². The van der Waals surface area contributed by atoms with Gasteiger partial charge in [-0.3, -0.25) is 9.59 Å². The fraction of sp³-hybridized carbons (Fsp3) is 0.529. The Kier molecular flexibility index (Phi) is 9.01. The van der Waals surface area contributed by atoms with Gasteiger partial charge in [-0.2, -0.15) is 13.2 Å². The number of alkyl halides is 3. The van der Waals surface area contributed by atoms with Crippen molar-refractivity contribution < 1.29 is 27.5 Å². The molecule has 1 aromatic carbocycles. The molecule has 0 spiro atoms. The van der Waals surface area contributed by atoms with E-state index in [2.05, 4.69) is 16.0 Å². The highest BCUT2D eigenvalue weighted by Gasteiger charge is 2.31. The van der Waals surface area contributed by atoms with Gasteiger partial charge in [-0.05, 0) is 24.6 Å². The minimum Gasteiger partial charge on any atom is -0.375 e. The summed E-state index contributed by atoms with van der Waals surface area (Å²) in [7, 11) is 0. The quantitative estimate of drug-likeness (QED) is 0.641. The first-order chi connectivity index (χ1) is 12.3. The van der Waals surface area contributed by atoms with Crippen molar-refractivity contribution in [1.29, 1.82) is 0 Å². The van der Waals surface area contributed by atoms with Crippen LogP contribution in [0.15, 0.2) is 24.3 Å². The van der Waals surface area contributed by atoms with Gasteiger partial charge in [0.2, 0.25) is 5.91 Å². The van der Waals surface area contributed by atoms with Crippen molar-refractivity contribution in [1.82, 2.24) is 16.0 Å². The van der Waals surface area contributed by atoms with Crippen LogP contribution < -0.4 is 16.0 Å². The van der Waals surface area contributed by atoms with Crippen LogP contribution in [0.5, 0.6) is 0 Å². The number of rotatable bonds is 7. The molecule has 0 bridgehead atoms. The standard InChI is InChI=1S/C17H22F3N3O3.ClH/c1-2-6-26-14-9-21-8-13(14)23-15(24)10-22-16(25)11-4-3-5-12(7-11)17(18,19)20;/h3-5,7,13-14,21H,2,6,8-10H2,1H3,(H,22,25)(H,23,24);1H/t13-,14-;/m1./s1. The summed E-state index contributed by atoms with van der Waals surface area (Å²) in [4.78, 5) is 24.0. The molecule has 0 aromatic heterocycles. The monoisotopic (exact) mass is 409 g/mol. The number of amides is 2. The number of nitrogens with one attached hydrogen (secondary N) is 3. The molecular weight excluding hydrogens is 387 g/mol. The van der Waals surface area contributed by atoms with Crippen LogP contribution in [0.1, 0.15) is 29.3 Å². The van der Waals surface area contributed by atoms with Crippen molar-refractivity contribution in [2.75, 3.05) is 26.2 Å². The Morgan fingerprint density at radius 2 is 2.04 bits per heavy atom. The molecule has 1 fully saturated rings. The lowest BCUT2D eigenvalue weighted by molar-refractivity contribution is -0.137. The van der Waals surface area contributed by atoms with E-state index in [-0.39, 0.29) is 36.7 Å². The van der Waals surface area contributed by atoms with Gasteiger partial charge in [0.1, 0.15) is 0 Å². The van der Waals surface area contributed by atoms with Gasteiger partial charge in [-0.1, -0.05) is 13.0 Å². The van der Waals surface area contributed by atoms with E-state index in [4.69, 9.17) is 4.74 Å². The molecule has 2 atom stereocenters. The van der Waals surface area contributed by atoms with Crippen LogP contribution in [0.25, 0.3) is 0 Å². The molecule has 0 unspecified atom stereocenters. The molecule has 6 nitrogen and oxygen atoms in total. The lowest BCUT2D eigenvalue weighted by atomic mass is 10.1. The Balaban J connectivity index is 0.00000364. The Bertz CT molecular complexity index is 643. The molecule has 2 amide bonds. The van der Waals surface area contributed by atoms with Crippen LogP contribution in [0, 0.1) is 0 Å². The molecule has 0 radical (unpaired) electrons. The smallest absolute Gasteiger partial charge is 0.375 e. The van der Waals surface area contributed by atoms with Crippen LogP contribution in [-0.4, -0.2) is 50.2 Å². The lowest BCUT2D eigenvalue weighted by Gasteiger charge is -2.20. The lowest BCUT2D eigenvalue weighted by Crippen LogP contribution is -2.47. The zero-order valence-electron chi connectivity index (χ0n) is 14.8. The average Bonchev–Trinajstić information content (AvgIpc) is 3.04. The molecule has 1 aromatic rings. The van der Waals surface area contributed by atoms with Crippen molar-refractivity contribution in [3.63, 3.8) is 0 Å². The summed E-state index contributed by atoms with van der Waals surface area (Å²) in [5.41, 5.74) is -1.07. The number of carbonyl (C=O) groups is 2. The van der Waals surface area contributed by atoms with E-state index in [1.165, 1.54) is 6.07 Å². The van der Waals surface area contributed by atoms with E-state index >= 15 is 0 Å².